The summed E-state index contributed by atoms with van der Waals surface area (Å²) in [7, 11) is -3.50. The molecule has 0 saturated carbocycles. The van der Waals surface area contributed by atoms with Crippen LogP contribution in [-0.2, 0) is 25.9 Å². The monoisotopic (exact) mass is 454 g/mol. The number of fused-ring (bicyclic) bond motifs is 1. The van der Waals surface area contributed by atoms with Gasteiger partial charge in [0.2, 0.25) is 0 Å². The molecule has 0 aliphatic rings. The predicted molar refractivity (Wildman–Crippen MR) is 106 cm³/mol. The molecule has 1 heterocycles. The number of halogens is 2. The predicted octanol–water partition coefficient (Wildman–Crippen LogP) is 2.69. The fraction of sp³-hybridized carbons (Fsp3) is 0.211. The van der Waals surface area contributed by atoms with Crippen molar-refractivity contribution in [3.05, 3.63) is 58.4 Å². The summed E-state index contributed by atoms with van der Waals surface area (Å²) in [5.74, 6) is -3.92. The Bertz CT molecular complexity index is 1310. The van der Waals surface area contributed by atoms with E-state index in [-0.39, 0.29) is 22.8 Å². The molecule has 0 bridgehead atoms. The minimum Gasteiger partial charge on any atom is -0.465 e. The number of esters is 1. The summed E-state index contributed by atoms with van der Waals surface area (Å²) in [5, 5.41) is 0. The highest BCUT2D eigenvalue weighted by molar-refractivity contribution is 7.90. The number of nitrogens with zero attached hydrogens (tertiary/aromatic N) is 2. The molecule has 1 aromatic heterocycles. The van der Waals surface area contributed by atoms with E-state index in [0.29, 0.717) is 10.2 Å². The van der Waals surface area contributed by atoms with Gasteiger partial charge in [0, 0.05) is 6.26 Å². The van der Waals surface area contributed by atoms with E-state index >= 15 is 0 Å². The fourth-order valence-electron chi connectivity index (χ4n) is 2.70. The van der Waals surface area contributed by atoms with Crippen molar-refractivity contribution in [2.75, 3.05) is 12.9 Å². The SMILES string of the molecule is CCOC(=O)Cn1c(=NC(=O)c2c(F)cccc2F)sc2cc(S(C)(=O)=O)ccc21. The number of amides is 1. The summed E-state index contributed by atoms with van der Waals surface area (Å²) >= 11 is 0.907. The average Bonchev–Trinajstić information content (AvgIpc) is 2.97. The molecule has 0 spiro atoms. The molecule has 3 aromatic rings. The van der Waals surface area contributed by atoms with E-state index in [1.807, 2.05) is 0 Å². The van der Waals surface area contributed by atoms with Gasteiger partial charge in [0.1, 0.15) is 23.7 Å². The van der Waals surface area contributed by atoms with Crippen LogP contribution < -0.4 is 4.80 Å². The van der Waals surface area contributed by atoms with Gasteiger partial charge in [-0.25, -0.2) is 17.2 Å². The van der Waals surface area contributed by atoms with E-state index in [0.717, 1.165) is 35.8 Å². The third-order valence-electron chi connectivity index (χ3n) is 4.05. The summed E-state index contributed by atoms with van der Waals surface area (Å²) in [4.78, 5) is 28.3. The van der Waals surface area contributed by atoms with E-state index in [9.17, 15) is 26.8 Å². The molecule has 11 heteroatoms. The molecule has 2 aromatic carbocycles. The maximum Gasteiger partial charge on any atom is 0.326 e. The minimum absolute atomic E-state index is 0.0312. The minimum atomic E-state index is -3.50. The van der Waals surface area contributed by atoms with Crippen LogP contribution in [0.3, 0.4) is 0 Å². The Morgan fingerprint density at radius 1 is 1.17 bits per heavy atom. The molecule has 0 unspecified atom stereocenters. The van der Waals surface area contributed by atoms with Gasteiger partial charge in [0.15, 0.2) is 14.6 Å². The van der Waals surface area contributed by atoms with Crippen LogP contribution >= 0.6 is 11.3 Å². The standard InChI is InChI=1S/C19H16F2N2O5S2/c1-3-28-16(24)10-23-14-8-7-11(30(2,26)27)9-15(14)29-19(23)22-18(25)17-12(20)5-4-6-13(17)21/h4-9H,3,10H2,1-2H3. The first-order valence-electron chi connectivity index (χ1n) is 8.64. The Balaban J connectivity index is 2.22. The van der Waals surface area contributed by atoms with Crippen LogP contribution in [0.2, 0.25) is 0 Å². The number of aromatic nitrogens is 1. The van der Waals surface area contributed by atoms with Gasteiger partial charge in [-0.05, 0) is 37.3 Å². The highest BCUT2D eigenvalue weighted by Crippen LogP contribution is 2.22. The van der Waals surface area contributed by atoms with E-state index < -0.39 is 38.9 Å². The molecule has 0 N–H and O–H groups in total. The molecule has 3 rings (SSSR count). The smallest absolute Gasteiger partial charge is 0.326 e. The highest BCUT2D eigenvalue weighted by Gasteiger charge is 2.19. The molecular weight excluding hydrogens is 438 g/mol. The summed E-state index contributed by atoms with van der Waals surface area (Å²) in [6.45, 7) is 1.44. The zero-order chi connectivity index (χ0) is 22.1. The maximum absolute atomic E-state index is 13.9. The molecule has 0 aliphatic carbocycles. The van der Waals surface area contributed by atoms with Crippen molar-refractivity contribution in [3.8, 4) is 0 Å². The second kappa shape index (κ2) is 8.44. The van der Waals surface area contributed by atoms with Crippen LogP contribution in [0.5, 0.6) is 0 Å². The Kier molecular flexibility index (Phi) is 6.13. The molecule has 0 fully saturated rings. The third-order valence-corrected chi connectivity index (χ3v) is 6.20. The lowest BCUT2D eigenvalue weighted by molar-refractivity contribution is -0.143. The van der Waals surface area contributed by atoms with Crippen molar-refractivity contribution in [1.29, 1.82) is 0 Å². The van der Waals surface area contributed by atoms with E-state index in [1.165, 1.54) is 22.8 Å². The molecule has 7 nitrogen and oxygen atoms in total. The van der Waals surface area contributed by atoms with Gasteiger partial charge in [-0.3, -0.25) is 9.59 Å². The Hall–Kier alpha value is -2.92. The maximum atomic E-state index is 13.9. The largest absolute Gasteiger partial charge is 0.465 e. The highest BCUT2D eigenvalue weighted by atomic mass is 32.2. The first-order chi connectivity index (χ1) is 14.1. The molecule has 158 valence electrons. The number of benzene rings is 2. The zero-order valence-corrected chi connectivity index (χ0v) is 17.5. The molecule has 1 amide bonds. The normalized spacial score (nSPS) is 12.3. The van der Waals surface area contributed by atoms with E-state index in [4.69, 9.17) is 4.74 Å². The second-order valence-corrected chi connectivity index (χ2v) is 9.22. The third kappa shape index (κ3) is 4.46. The van der Waals surface area contributed by atoms with Gasteiger partial charge in [-0.1, -0.05) is 17.4 Å². The number of carbonyl (C=O) groups is 2. The number of thiazole rings is 1. The summed E-state index contributed by atoms with van der Waals surface area (Å²) in [5.41, 5.74) is -0.407. The van der Waals surface area contributed by atoms with Gasteiger partial charge < -0.3 is 9.30 Å². The van der Waals surface area contributed by atoms with Crippen molar-refractivity contribution >= 4 is 43.3 Å². The van der Waals surface area contributed by atoms with Crippen LogP contribution in [-0.4, -0.2) is 37.7 Å². The first-order valence-corrected chi connectivity index (χ1v) is 11.3. The lowest BCUT2D eigenvalue weighted by Crippen LogP contribution is -2.23. The molecule has 0 radical (unpaired) electrons. The summed E-state index contributed by atoms with van der Waals surface area (Å²) in [6, 6.07) is 7.19. The molecule has 30 heavy (non-hydrogen) atoms. The number of sulfone groups is 1. The Morgan fingerprint density at radius 3 is 2.43 bits per heavy atom. The topological polar surface area (TPSA) is 94.8 Å². The lowest BCUT2D eigenvalue weighted by atomic mass is 10.2. The number of ether oxygens (including phenoxy) is 1. The second-order valence-electron chi connectivity index (χ2n) is 6.19. The molecular formula is C19H16F2N2O5S2. The Morgan fingerprint density at radius 2 is 1.83 bits per heavy atom. The van der Waals surface area contributed by atoms with Crippen LogP contribution in [0.1, 0.15) is 17.3 Å². The number of hydrogen-bond acceptors (Lipinski definition) is 6. The Labute approximate surface area is 174 Å². The van der Waals surface area contributed by atoms with Crippen molar-refractivity contribution < 1.29 is 31.5 Å². The van der Waals surface area contributed by atoms with Crippen LogP contribution in [0.4, 0.5) is 8.78 Å². The van der Waals surface area contributed by atoms with Gasteiger partial charge >= 0.3 is 5.97 Å². The number of hydrogen-bond donors (Lipinski definition) is 0. The van der Waals surface area contributed by atoms with Crippen LogP contribution in [0.25, 0.3) is 10.2 Å². The van der Waals surface area contributed by atoms with Crippen molar-refractivity contribution in [1.82, 2.24) is 4.57 Å². The van der Waals surface area contributed by atoms with Crippen molar-refractivity contribution in [3.63, 3.8) is 0 Å². The fourth-order valence-corrected chi connectivity index (χ4v) is 4.49. The number of carbonyl (C=O) groups excluding carboxylic acids is 2. The zero-order valence-electron chi connectivity index (χ0n) is 15.9. The van der Waals surface area contributed by atoms with Crippen molar-refractivity contribution in [2.24, 2.45) is 4.99 Å². The van der Waals surface area contributed by atoms with Gasteiger partial charge in [-0.15, -0.1) is 0 Å². The summed E-state index contributed by atoms with van der Waals surface area (Å²) < 4.78 is 58.2. The molecule has 0 saturated heterocycles. The lowest BCUT2D eigenvalue weighted by Gasteiger charge is -2.06. The summed E-state index contributed by atoms with van der Waals surface area (Å²) in [6.07, 6.45) is 1.05. The van der Waals surface area contributed by atoms with Gasteiger partial charge in [0.25, 0.3) is 5.91 Å². The first kappa shape index (κ1) is 21.8. The van der Waals surface area contributed by atoms with Crippen LogP contribution in [0, 0.1) is 11.6 Å². The quantitative estimate of drug-likeness (QED) is 0.553. The van der Waals surface area contributed by atoms with Gasteiger partial charge in [-0.2, -0.15) is 4.99 Å². The van der Waals surface area contributed by atoms with Gasteiger partial charge in [0.05, 0.1) is 21.7 Å². The molecule has 0 atom stereocenters. The van der Waals surface area contributed by atoms with Crippen LogP contribution in [0.15, 0.2) is 46.3 Å². The van der Waals surface area contributed by atoms with E-state index in [2.05, 4.69) is 4.99 Å². The molecule has 0 aliphatic heterocycles. The van der Waals surface area contributed by atoms with Crippen molar-refractivity contribution in [2.45, 2.75) is 18.4 Å². The average molecular weight is 454 g/mol. The van der Waals surface area contributed by atoms with E-state index in [1.54, 1.807) is 6.92 Å². The number of rotatable bonds is 5.